The predicted octanol–water partition coefficient (Wildman–Crippen LogP) is 4.29. The first kappa shape index (κ1) is 18.4. The van der Waals surface area contributed by atoms with E-state index in [-0.39, 0.29) is 13.2 Å². The van der Waals surface area contributed by atoms with E-state index in [0.29, 0.717) is 0 Å². The van der Waals surface area contributed by atoms with E-state index < -0.39 is 0 Å². The summed E-state index contributed by atoms with van der Waals surface area (Å²) in [5.41, 5.74) is 8.56. The summed E-state index contributed by atoms with van der Waals surface area (Å²) < 4.78 is 2.08. The van der Waals surface area contributed by atoms with Crippen molar-refractivity contribution in [2.24, 2.45) is 7.05 Å². The second-order valence-corrected chi connectivity index (χ2v) is 7.18. The maximum atomic E-state index is 9.65. The van der Waals surface area contributed by atoms with E-state index in [1.165, 1.54) is 22.3 Å². The van der Waals surface area contributed by atoms with Crippen molar-refractivity contribution in [2.75, 3.05) is 0 Å². The molecule has 3 heteroatoms. The Hall–Kier alpha value is -3.01. The van der Waals surface area contributed by atoms with Crippen LogP contribution in [0.4, 0.5) is 0 Å². The number of aliphatic hydroxyl groups is 2. The molecule has 0 radical (unpaired) electrons. The fourth-order valence-electron chi connectivity index (χ4n) is 3.92. The molecule has 0 atom stereocenters. The Balaban J connectivity index is 1.90. The minimum Gasteiger partial charge on any atom is -0.392 e. The highest BCUT2D eigenvalue weighted by molar-refractivity contribution is 5.85. The number of aryl methyl sites for hydroxylation is 1. The highest BCUT2D eigenvalue weighted by atomic mass is 16.3. The van der Waals surface area contributed by atoms with Crippen LogP contribution in [0.3, 0.4) is 0 Å². The van der Waals surface area contributed by atoms with Crippen LogP contribution < -0.4 is 4.57 Å². The number of fused-ring (bicyclic) bond motifs is 1. The molecule has 28 heavy (non-hydrogen) atoms. The van der Waals surface area contributed by atoms with Crippen molar-refractivity contribution in [3.8, 4) is 22.3 Å². The van der Waals surface area contributed by atoms with Crippen LogP contribution in [0, 0.1) is 6.92 Å². The van der Waals surface area contributed by atoms with Gasteiger partial charge in [-0.3, -0.25) is 0 Å². The van der Waals surface area contributed by atoms with E-state index >= 15 is 0 Å². The summed E-state index contributed by atoms with van der Waals surface area (Å²) in [6, 6.07) is 22.9. The van der Waals surface area contributed by atoms with E-state index in [4.69, 9.17) is 0 Å². The number of aromatic nitrogens is 1. The number of nitrogens with zero attached hydrogens (tertiary/aromatic N) is 1. The molecule has 0 aliphatic heterocycles. The van der Waals surface area contributed by atoms with Crippen LogP contribution >= 0.6 is 0 Å². The molecule has 0 aliphatic carbocycles. The molecule has 4 aromatic rings. The van der Waals surface area contributed by atoms with Gasteiger partial charge in [0.2, 0.25) is 5.52 Å². The van der Waals surface area contributed by atoms with Gasteiger partial charge in [-0.2, -0.15) is 0 Å². The van der Waals surface area contributed by atoms with Crippen molar-refractivity contribution < 1.29 is 14.8 Å². The molecule has 0 fully saturated rings. The summed E-state index contributed by atoms with van der Waals surface area (Å²) in [6.45, 7) is 2.00. The summed E-state index contributed by atoms with van der Waals surface area (Å²) in [5.74, 6) is 0. The molecule has 4 rings (SSSR count). The van der Waals surface area contributed by atoms with Crippen molar-refractivity contribution in [1.29, 1.82) is 0 Å². The summed E-state index contributed by atoms with van der Waals surface area (Å²) in [4.78, 5) is 0. The van der Waals surface area contributed by atoms with Crippen LogP contribution in [0.2, 0.25) is 0 Å². The molecule has 1 heterocycles. The summed E-state index contributed by atoms with van der Waals surface area (Å²) in [6.07, 6.45) is 2.12. The van der Waals surface area contributed by atoms with Crippen LogP contribution in [0.5, 0.6) is 0 Å². The van der Waals surface area contributed by atoms with Gasteiger partial charge >= 0.3 is 0 Å². The van der Waals surface area contributed by atoms with E-state index in [0.717, 1.165) is 27.6 Å². The highest BCUT2D eigenvalue weighted by Crippen LogP contribution is 2.32. The average Bonchev–Trinajstić information content (AvgIpc) is 2.73. The van der Waals surface area contributed by atoms with Crippen LogP contribution in [-0.4, -0.2) is 10.2 Å². The van der Waals surface area contributed by atoms with Crippen molar-refractivity contribution in [3.63, 3.8) is 0 Å². The van der Waals surface area contributed by atoms with E-state index in [2.05, 4.69) is 66.2 Å². The number of rotatable bonds is 4. The Morgan fingerprint density at radius 3 is 2.07 bits per heavy atom. The molecule has 140 valence electrons. The van der Waals surface area contributed by atoms with Crippen molar-refractivity contribution >= 4 is 10.9 Å². The minimum absolute atomic E-state index is 0.0776. The number of aliphatic hydroxyl groups excluding tert-OH is 2. The molecule has 0 unspecified atom stereocenters. The first-order valence-corrected chi connectivity index (χ1v) is 9.44. The molecule has 2 N–H and O–H groups in total. The second kappa shape index (κ2) is 7.55. The van der Waals surface area contributed by atoms with Crippen LogP contribution in [-0.2, 0) is 20.3 Å². The van der Waals surface area contributed by atoms with Gasteiger partial charge in [0, 0.05) is 17.0 Å². The summed E-state index contributed by atoms with van der Waals surface area (Å²) >= 11 is 0. The van der Waals surface area contributed by atoms with Gasteiger partial charge in [0.15, 0.2) is 6.20 Å². The van der Waals surface area contributed by atoms with Crippen molar-refractivity contribution in [3.05, 3.63) is 89.6 Å². The normalized spacial score (nSPS) is 11.1. The van der Waals surface area contributed by atoms with Crippen LogP contribution in [0.25, 0.3) is 33.2 Å². The lowest BCUT2D eigenvalue weighted by Crippen LogP contribution is -2.29. The van der Waals surface area contributed by atoms with Gasteiger partial charge in [-0.05, 0) is 52.4 Å². The molecule has 1 aromatic heterocycles. The SMILES string of the molecule is Cc1c(-c2ccccc2)cccc1-c1cc2cc(CO)c(CO)cc2[n+](C)c1. The van der Waals surface area contributed by atoms with E-state index in [1.54, 1.807) is 0 Å². The number of hydrogen-bond donors (Lipinski definition) is 2. The summed E-state index contributed by atoms with van der Waals surface area (Å²) in [7, 11) is 2.02. The lowest BCUT2D eigenvalue weighted by atomic mass is 9.92. The molecule has 0 saturated carbocycles. The average molecular weight is 370 g/mol. The zero-order chi connectivity index (χ0) is 19.7. The Labute approximate surface area is 165 Å². The first-order chi connectivity index (χ1) is 13.6. The van der Waals surface area contributed by atoms with Gasteiger partial charge in [0.05, 0.1) is 13.2 Å². The fourth-order valence-corrected chi connectivity index (χ4v) is 3.92. The molecular weight excluding hydrogens is 346 g/mol. The zero-order valence-electron chi connectivity index (χ0n) is 16.2. The molecule has 0 bridgehead atoms. The molecule has 3 aromatic carbocycles. The smallest absolute Gasteiger partial charge is 0.212 e. The van der Waals surface area contributed by atoms with Gasteiger partial charge in [-0.25, -0.2) is 4.57 Å². The van der Waals surface area contributed by atoms with Gasteiger partial charge in [0.1, 0.15) is 7.05 Å². The molecule has 0 amide bonds. The Morgan fingerprint density at radius 2 is 1.39 bits per heavy atom. The molecular formula is C25H24NO2+. The fraction of sp³-hybridized carbons (Fsp3) is 0.160. The maximum Gasteiger partial charge on any atom is 0.212 e. The minimum atomic E-state index is -0.0811. The van der Waals surface area contributed by atoms with Crippen molar-refractivity contribution in [1.82, 2.24) is 0 Å². The lowest BCUT2D eigenvalue weighted by Gasteiger charge is -2.12. The van der Waals surface area contributed by atoms with Crippen LogP contribution in [0.1, 0.15) is 16.7 Å². The molecule has 0 spiro atoms. The van der Waals surface area contributed by atoms with Gasteiger partial charge in [0.25, 0.3) is 0 Å². The topological polar surface area (TPSA) is 44.3 Å². The number of benzene rings is 3. The molecule has 0 saturated heterocycles. The standard InChI is InChI=1S/C25H24NO2/c1-17-23(18-7-4-3-5-8-18)9-6-10-24(17)20-11-19-12-21(15-27)22(16-28)13-25(19)26(2)14-20/h3-14,27-28H,15-16H2,1-2H3/q+1. The third kappa shape index (κ3) is 3.19. The number of pyridine rings is 1. The quantitative estimate of drug-likeness (QED) is 0.526. The van der Waals surface area contributed by atoms with Gasteiger partial charge in [-0.15, -0.1) is 0 Å². The van der Waals surface area contributed by atoms with Gasteiger partial charge in [-0.1, -0.05) is 48.5 Å². The van der Waals surface area contributed by atoms with E-state index in [9.17, 15) is 10.2 Å². The Bertz CT molecular complexity index is 1150. The van der Waals surface area contributed by atoms with Crippen LogP contribution in [0.15, 0.2) is 72.9 Å². The monoisotopic (exact) mass is 370 g/mol. The maximum absolute atomic E-state index is 9.65. The first-order valence-electron chi connectivity index (χ1n) is 9.44. The largest absolute Gasteiger partial charge is 0.392 e. The van der Waals surface area contributed by atoms with E-state index in [1.807, 2.05) is 25.2 Å². The molecule has 3 nitrogen and oxygen atoms in total. The third-order valence-corrected chi connectivity index (χ3v) is 5.44. The molecule has 0 aliphatic rings. The van der Waals surface area contributed by atoms with Crippen molar-refractivity contribution in [2.45, 2.75) is 20.1 Å². The Kier molecular flexibility index (Phi) is 4.95. The second-order valence-electron chi connectivity index (χ2n) is 7.18. The lowest BCUT2D eigenvalue weighted by molar-refractivity contribution is -0.644. The predicted molar refractivity (Wildman–Crippen MR) is 113 cm³/mol. The zero-order valence-corrected chi connectivity index (χ0v) is 16.2. The number of hydrogen-bond acceptors (Lipinski definition) is 2. The van der Waals surface area contributed by atoms with Gasteiger partial charge < -0.3 is 10.2 Å². The Morgan fingerprint density at radius 1 is 0.750 bits per heavy atom. The third-order valence-electron chi connectivity index (χ3n) is 5.44. The highest BCUT2D eigenvalue weighted by Gasteiger charge is 2.15. The summed E-state index contributed by atoms with van der Waals surface area (Å²) in [5, 5.41) is 20.3.